The van der Waals surface area contributed by atoms with Crippen LogP contribution in [0.1, 0.15) is 25.5 Å². The van der Waals surface area contributed by atoms with Crippen molar-refractivity contribution in [3.63, 3.8) is 0 Å². The van der Waals surface area contributed by atoms with Crippen molar-refractivity contribution in [1.29, 1.82) is 0 Å². The van der Waals surface area contributed by atoms with E-state index in [1.54, 1.807) is 0 Å². The molecule has 1 aromatic rings. The molecule has 3 N–H and O–H groups in total. The Hall–Kier alpha value is -1.32. The third kappa shape index (κ3) is 1.88. The molecule has 1 heterocycles. The first-order chi connectivity index (χ1) is 6.07. The van der Waals surface area contributed by atoms with Gasteiger partial charge in [-0.15, -0.1) is 0 Å². The molecule has 1 saturated carbocycles. The van der Waals surface area contributed by atoms with Crippen LogP contribution in [0.2, 0.25) is 0 Å². The summed E-state index contributed by atoms with van der Waals surface area (Å²) < 4.78 is 0. The summed E-state index contributed by atoms with van der Waals surface area (Å²) in [6.45, 7) is 4.10. The fourth-order valence-corrected chi connectivity index (χ4v) is 1.28. The summed E-state index contributed by atoms with van der Waals surface area (Å²) in [5.74, 6) is 1.18. The van der Waals surface area contributed by atoms with E-state index in [4.69, 9.17) is 5.73 Å². The van der Waals surface area contributed by atoms with Gasteiger partial charge in [0, 0.05) is 17.3 Å². The van der Waals surface area contributed by atoms with E-state index in [1.165, 1.54) is 12.8 Å². The molecule has 1 aromatic heterocycles. The number of anilines is 2. The molecule has 0 spiro atoms. The Morgan fingerprint density at radius 1 is 1.46 bits per heavy atom. The summed E-state index contributed by atoms with van der Waals surface area (Å²) in [5.41, 5.74) is 6.68. The maximum absolute atomic E-state index is 5.54. The van der Waals surface area contributed by atoms with Gasteiger partial charge in [0.05, 0.1) is 0 Å². The Bertz CT molecular complexity index is 310. The monoisotopic (exact) mass is 178 g/mol. The van der Waals surface area contributed by atoms with Gasteiger partial charge in [-0.1, -0.05) is 0 Å². The molecule has 70 valence electrons. The molecule has 0 aromatic carbocycles. The van der Waals surface area contributed by atoms with E-state index in [2.05, 4.69) is 22.2 Å². The Kier molecular flexibility index (Phi) is 1.65. The number of aryl methyl sites for hydroxylation is 1. The van der Waals surface area contributed by atoms with Crippen molar-refractivity contribution in [3.8, 4) is 0 Å². The minimum absolute atomic E-state index is 0.243. The average molecular weight is 178 g/mol. The lowest BCUT2D eigenvalue weighted by molar-refractivity contribution is 0.819. The molecule has 4 heteroatoms. The minimum Gasteiger partial charge on any atom is -0.368 e. The largest absolute Gasteiger partial charge is 0.368 e. The smallest absolute Gasteiger partial charge is 0.222 e. The van der Waals surface area contributed by atoms with Gasteiger partial charge in [-0.05, 0) is 26.7 Å². The van der Waals surface area contributed by atoms with Crippen molar-refractivity contribution in [3.05, 3.63) is 11.8 Å². The summed E-state index contributed by atoms with van der Waals surface area (Å²) >= 11 is 0. The second-order valence-electron chi connectivity index (χ2n) is 3.94. The van der Waals surface area contributed by atoms with Crippen molar-refractivity contribution in [2.45, 2.75) is 32.2 Å². The van der Waals surface area contributed by atoms with Crippen LogP contribution in [0.3, 0.4) is 0 Å². The highest BCUT2D eigenvalue weighted by Crippen LogP contribution is 2.37. The Labute approximate surface area is 77.6 Å². The zero-order valence-corrected chi connectivity index (χ0v) is 7.96. The van der Waals surface area contributed by atoms with Gasteiger partial charge in [0.1, 0.15) is 5.82 Å². The Morgan fingerprint density at radius 2 is 2.15 bits per heavy atom. The highest BCUT2D eigenvalue weighted by molar-refractivity contribution is 5.44. The maximum Gasteiger partial charge on any atom is 0.222 e. The number of aromatic nitrogens is 2. The summed E-state index contributed by atoms with van der Waals surface area (Å²) in [6, 6.07) is 1.92. The van der Waals surface area contributed by atoms with Crippen molar-refractivity contribution >= 4 is 11.8 Å². The van der Waals surface area contributed by atoms with Crippen LogP contribution in [0.15, 0.2) is 6.07 Å². The molecule has 0 unspecified atom stereocenters. The number of rotatable bonds is 2. The van der Waals surface area contributed by atoms with Gasteiger partial charge in [0.15, 0.2) is 0 Å². The zero-order valence-electron chi connectivity index (χ0n) is 7.96. The molecule has 1 aliphatic rings. The fourth-order valence-electron chi connectivity index (χ4n) is 1.28. The van der Waals surface area contributed by atoms with Crippen LogP contribution in [0.5, 0.6) is 0 Å². The first-order valence-electron chi connectivity index (χ1n) is 4.47. The van der Waals surface area contributed by atoms with Crippen molar-refractivity contribution in [2.75, 3.05) is 11.1 Å². The van der Waals surface area contributed by atoms with Gasteiger partial charge >= 0.3 is 0 Å². The molecule has 4 nitrogen and oxygen atoms in total. The number of nitrogen functional groups attached to an aromatic ring is 1. The molecule has 0 radical (unpaired) electrons. The summed E-state index contributed by atoms with van der Waals surface area (Å²) in [4.78, 5) is 8.13. The molecule has 0 saturated heterocycles. The van der Waals surface area contributed by atoms with Gasteiger partial charge in [0.25, 0.3) is 0 Å². The van der Waals surface area contributed by atoms with E-state index in [9.17, 15) is 0 Å². The predicted octanol–water partition coefficient (Wildman–Crippen LogP) is 1.33. The number of nitrogens with zero attached hydrogens (tertiary/aromatic N) is 2. The predicted molar refractivity (Wildman–Crippen MR) is 52.4 cm³/mol. The van der Waals surface area contributed by atoms with Crippen LogP contribution < -0.4 is 11.1 Å². The summed E-state index contributed by atoms with van der Waals surface area (Å²) in [6.07, 6.45) is 2.41. The topological polar surface area (TPSA) is 63.8 Å². The molecule has 0 atom stereocenters. The molecule has 0 bridgehead atoms. The van der Waals surface area contributed by atoms with Gasteiger partial charge in [-0.25, -0.2) is 4.98 Å². The average Bonchev–Trinajstić information content (AvgIpc) is 2.64. The second-order valence-corrected chi connectivity index (χ2v) is 3.94. The number of hydrogen-bond acceptors (Lipinski definition) is 4. The Morgan fingerprint density at radius 3 is 2.69 bits per heavy atom. The normalized spacial score (nSPS) is 18.3. The van der Waals surface area contributed by atoms with Crippen molar-refractivity contribution < 1.29 is 0 Å². The van der Waals surface area contributed by atoms with Crippen LogP contribution in [0.4, 0.5) is 11.8 Å². The molecule has 2 rings (SSSR count). The van der Waals surface area contributed by atoms with E-state index in [1.807, 2.05) is 13.0 Å². The highest BCUT2D eigenvalue weighted by atomic mass is 15.1. The zero-order chi connectivity index (χ0) is 9.47. The standard InChI is InChI=1S/C9H14N4/c1-6-5-7(12-8(10)11-6)13-9(2)3-4-9/h5H,3-4H2,1-2H3,(H3,10,11,12,13). The van der Waals surface area contributed by atoms with E-state index >= 15 is 0 Å². The van der Waals surface area contributed by atoms with Crippen LogP contribution in [0.25, 0.3) is 0 Å². The van der Waals surface area contributed by atoms with Crippen LogP contribution >= 0.6 is 0 Å². The first kappa shape index (κ1) is 8.29. The van der Waals surface area contributed by atoms with E-state index in [-0.39, 0.29) is 5.54 Å². The third-order valence-electron chi connectivity index (χ3n) is 2.30. The Balaban J connectivity index is 2.20. The maximum atomic E-state index is 5.54. The molecular weight excluding hydrogens is 164 g/mol. The summed E-state index contributed by atoms with van der Waals surface area (Å²) in [5, 5.41) is 3.34. The molecule has 0 amide bonds. The lowest BCUT2D eigenvalue weighted by Crippen LogP contribution is -2.17. The molecule has 1 fully saturated rings. The fraction of sp³-hybridized carbons (Fsp3) is 0.556. The molecule has 1 aliphatic carbocycles. The number of nitrogens with one attached hydrogen (secondary N) is 1. The van der Waals surface area contributed by atoms with Gasteiger partial charge in [0.2, 0.25) is 5.95 Å². The van der Waals surface area contributed by atoms with Gasteiger partial charge in [-0.2, -0.15) is 4.98 Å². The number of hydrogen-bond donors (Lipinski definition) is 2. The van der Waals surface area contributed by atoms with E-state index in [0.29, 0.717) is 5.95 Å². The van der Waals surface area contributed by atoms with Crippen LogP contribution in [-0.2, 0) is 0 Å². The lowest BCUT2D eigenvalue weighted by Gasteiger charge is -2.12. The van der Waals surface area contributed by atoms with Gasteiger partial charge < -0.3 is 11.1 Å². The van der Waals surface area contributed by atoms with Crippen molar-refractivity contribution in [1.82, 2.24) is 9.97 Å². The minimum atomic E-state index is 0.243. The van der Waals surface area contributed by atoms with Crippen molar-refractivity contribution in [2.24, 2.45) is 0 Å². The van der Waals surface area contributed by atoms with E-state index < -0.39 is 0 Å². The summed E-state index contributed by atoms with van der Waals surface area (Å²) in [7, 11) is 0. The van der Waals surface area contributed by atoms with E-state index in [0.717, 1.165) is 11.5 Å². The quantitative estimate of drug-likeness (QED) is 0.717. The third-order valence-corrected chi connectivity index (χ3v) is 2.30. The molecular formula is C9H14N4. The molecule has 0 aliphatic heterocycles. The number of nitrogens with two attached hydrogens (primary N) is 1. The van der Waals surface area contributed by atoms with Crippen LogP contribution in [-0.4, -0.2) is 15.5 Å². The SMILES string of the molecule is Cc1cc(NC2(C)CC2)nc(N)n1. The highest BCUT2D eigenvalue weighted by Gasteiger charge is 2.37. The van der Waals surface area contributed by atoms with Crippen LogP contribution in [0, 0.1) is 6.92 Å². The molecule has 13 heavy (non-hydrogen) atoms. The second kappa shape index (κ2) is 2.58. The first-order valence-corrected chi connectivity index (χ1v) is 4.47. The van der Waals surface area contributed by atoms with Gasteiger partial charge in [-0.3, -0.25) is 0 Å². The lowest BCUT2D eigenvalue weighted by atomic mass is 10.3.